The van der Waals surface area contributed by atoms with Crippen LogP contribution in [0.2, 0.25) is 0 Å². The van der Waals surface area contributed by atoms with Gasteiger partial charge in [0.15, 0.2) is 5.78 Å². The molecule has 1 N–H and O–H groups in total. The van der Waals surface area contributed by atoms with Gasteiger partial charge in [0.25, 0.3) is 0 Å². The summed E-state index contributed by atoms with van der Waals surface area (Å²) in [6.45, 7) is 17.5. The van der Waals surface area contributed by atoms with E-state index in [-0.39, 0.29) is 57.0 Å². The molecule has 0 spiro atoms. The number of rotatable bonds is 5. The van der Waals surface area contributed by atoms with Crippen molar-refractivity contribution in [2.45, 2.75) is 113 Å². The topological polar surface area (TPSA) is 96.3 Å². The second-order valence-corrected chi connectivity index (χ2v) is 15.5. The van der Waals surface area contributed by atoms with Gasteiger partial charge in [-0.25, -0.2) is 5.48 Å². The van der Waals surface area contributed by atoms with E-state index in [9.17, 15) is 19.6 Å². The first-order valence-electron chi connectivity index (χ1n) is 15.0. The van der Waals surface area contributed by atoms with Gasteiger partial charge >= 0.3 is 0 Å². The molecule has 4 aliphatic rings. The van der Waals surface area contributed by atoms with Gasteiger partial charge in [-0.2, -0.15) is 5.26 Å². The van der Waals surface area contributed by atoms with E-state index in [0.717, 1.165) is 51.4 Å². The fourth-order valence-corrected chi connectivity index (χ4v) is 9.72. The molecule has 0 aromatic carbocycles. The number of carbonyl (C=O) groups excluding carboxylic acids is 3. The summed E-state index contributed by atoms with van der Waals surface area (Å²) in [5.41, 5.74) is 1.06. The summed E-state index contributed by atoms with van der Waals surface area (Å²) < 4.78 is 0. The zero-order valence-electron chi connectivity index (χ0n) is 25.8. The predicted molar refractivity (Wildman–Crippen MR) is 151 cm³/mol. The van der Waals surface area contributed by atoms with Crippen molar-refractivity contribution in [2.75, 3.05) is 7.11 Å². The number of ketones is 2. The highest BCUT2D eigenvalue weighted by Gasteiger charge is 2.68. The number of amides is 1. The smallest absolute Gasteiger partial charge is 0.249 e. The number of hydrogen-bond acceptors (Lipinski definition) is 5. The van der Waals surface area contributed by atoms with Crippen LogP contribution in [0.4, 0.5) is 0 Å². The molecular formula is C33H50N2O4. The third-order valence-electron chi connectivity index (χ3n) is 13.0. The highest BCUT2D eigenvalue weighted by atomic mass is 16.6. The maximum Gasteiger partial charge on any atom is 0.249 e. The second kappa shape index (κ2) is 9.54. The molecule has 0 aromatic rings. The number of nitrogens with zero attached hydrogens (tertiary/aromatic N) is 1. The highest BCUT2D eigenvalue weighted by molar-refractivity contribution is 6.04. The molecule has 39 heavy (non-hydrogen) atoms. The molecule has 1 amide bonds. The number of nitrogens with one attached hydrogen (secondary N) is 1. The Hall–Kier alpha value is -2.00. The fraction of sp³-hybridized carbons (Fsp3) is 0.818. The minimum absolute atomic E-state index is 0.0298. The lowest BCUT2D eigenvalue weighted by molar-refractivity contribution is -0.188. The van der Waals surface area contributed by atoms with Crippen LogP contribution in [0.15, 0.2) is 11.6 Å². The van der Waals surface area contributed by atoms with Crippen molar-refractivity contribution in [1.82, 2.24) is 5.48 Å². The van der Waals surface area contributed by atoms with Crippen molar-refractivity contribution in [3.05, 3.63) is 11.6 Å². The molecule has 0 heterocycles. The molecule has 0 aromatic heterocycles. The van der Waals surface area contributed by atoms with E-state index in [4.69, 9.17) is 4.84 Å². The van der Waals surface area contributed by atoms with Gasteiger partial charge in [-0.15, -0.1) is 0 Å². The maximum atomic E-state index is 13.8. The van der Waals surface area contributed by atoms with Crippen LogP contribution < -0.4 is 5.48 Å². The molecule has 0 radical (unpaired) electrons. The molecule has 4 rings (SSSR count). The average molecular weight is 539 g/mol. The number of allylic oxidation sites excluding steroid dienone is 2. The molecule has 3 saturated carbocycles. The number of hydroxylamine groups is 1. The van der Waals surface area contributed by atoms with E-state index in [0.29, 0.717) is 6.42 Å². The summed E-state index contributed by atoms with van der Waals surface area (Å²) >= 11 is 0. The van der Waals surface area contributed by atoms with E-state index in [2.05, 4.69) is 53.1 Å². The van der Waals surface area contributed by atoms with E-state index < -0.39 is 16.2 Å². The Morgan fingerprint density at radius 1 is 1.00 bits per heavy atom. The van der Waals surface area contributed by atoms with Crippen LogP contribution in [-0.2, 0) is 19.2 Å². The zero-order chi connectivity index (χ0) is 29.2. The SMILES string of the molecule is CONC(=O)C1(CC[C@]2(C)C(C)C(=O)C[C@@H]3[C@@]4(C)C=C(C#N)C(=O)C(C)(C)C4CC[C@]32C)CCC(C)(C)CC1. The Kier molecular flexibility index (Phi) is 7.33. The predicted octanol–water partition coefficient (Wildman–Crippen LogP) is 6.74. The Labute approximate surface area is 235 Å². The molecule has 6 nitrogen and oxygen atoms in total. The standard InChI is InChI=1S/C33H50N2O4/c1-21-23(36)18-25-30(6)19-22(20-34)26(37)29(4,5)24(30)10-11-32(25,8)31(21,7)14-17-33(27(38)35-39-9)15-12-28(2,3)13-16-33/h19,21,24-25H,10-18H2,1-9H3,(H,35,38)/t21?,24?,25-,30+,31-,32-/m1/s1. The van der Waals surface area contributed by atoms with Crippen LogP contribution in [0.3, 0.4) is 0 Å². The Morgan fingerprint density at radius 3 is 2.18 bits per heavy atom. The van der Waals surface area contributed by atoms with E-state index >= 15 is 0 Å². The van der Waals surface area contributed by atoms with Gasteiger partial charge in [-0.3, -0.25) is 19.2 Å². The van der Waals surface area contributed by atoms with Crippen LogP contribution in [0.1, 0.15) is 113 Å². The van der Waals surface area contributed by atoms with Crippen molar-refractivity contribution >= 4 is 17.5 Å². The first-order valence-corrected chi connectivity index (χ1v) is 15.0. The van der Waals surface area contributed by atoms with Crippen LogP contribution in [0.25, 0.3) is 0 Å². The summed E-state index contributed by atoms with van der Waals surface area (Å²) in [5, 5.41) is 9.89. The van der Waals surface area contributed by atoms with Crippen LogP contribution in [-0.4, -0.2) is 24.6 Å². The van der Waals surface area contributed by atoms with Crippen LogP contribution >= 0.6 is 0 Å². The van der Waals surface area contributed by atoms with Gasteiger partial charge < -0.3 is 0 Å². The highest BCUT2D eigenvalue weighted by Crippen LogP contribution is 2.71. The number of Topliss-reactive ketones (excluding diaryl/α,β-unsaturated/α-hetero) is 2. The Morgan fingerprint density at radius 2 is 1.62 bits per heavy atom. The van der Waals surface area contributed by atoms with E-state index in [1.807, 2.05) is 19.9 Å². The van der Waals surface area contributed by atoms with Gasteiger partial charge in [0, 0.05) is 17.8 Å². The lowest BCUT2D eigenvalue weighted by atomic mass is 9.35. The van der Waals surface area contributed by atoms with Crippen molar-refractivity contribution < 1.29 is 19.2 Å². The normalized spacial score (nSPS) is 40.5. The molecule has 3 fully saturated rings. The number of nitriles is 1. The monoisotopic (exact) mass is 538 g/mol. The quantitative estimate of drug-likeness (QED) is 0.391. The van der Waals surface area contributed by atoms with Gasteiger partial charge in [-0.1, -0.05) is 61.5 Å². The fourth-order valence-electron chi connectivity index (χ4n) is 9.72. The second-order valence-electron chi connectivity index (χ2n) is 15.5. The Balaban J connectivity index is 1.74. The molecule has 2 unspecified atom stereocenters. The number of fused-ring (bicyclic) bond motifs is 3. The van der Waals surface area contributed by atoms with Crippen molar-refractivity contribution in [2.24, 2.45) is 50.2 Å². The average Bonchev–Trinajstić information content (AvgIpc) is 2.86. The molecule has 0 bridgehead atoms. The van der Waals surface area contributed by atoms with E-state index in [1.54, 1.807) is 0 Å². The molecule has 6 heteroatoms. The van der Waals surface area contributed by atoms with Crippen molar-refractivity contribution in [3.8, 4) is 6.07 Å². The number of hydrogen-bond donors (Lipinski definition) is 1. The van der Waals surface area contributed by atoms with Crippen LogP contribution in [0, 0.1) is 61.6 Å². The summed E-state index contributed by atoms with van der Waals surface area (Å²) in [6.07, 6.45) is 9.34. The van der Waals surface area contributed by atoms with Gasteiger partial charge in [-0.05, 0) is 84.9 Å². The minimum Gasteiger partial charge on any atom is -0.299 e. The van der Waals surface area contributed by atoms with Gasteiger partial charge in [0.2, 0.25) is 5.91 Å². The van der Waals surface area contributed by atoms with Gasteiger partial charge in [0.1, 0.15) is 11.9 Å². The summed E-state index contributed by atoms with van der Waals surface area (Å²) in [4.78, 5) is 45.6. The molecule has 216 valence electrons. The summed E-state index contributed by atoms with van der Waals surface area (Å²) in [5.74, 6) is 0.147. The molecule has 6 atom stereocenters. The number of carbonyl (C=O) groups is 3. The third kappa shape index (κ3) is 4.33. The summed E-state index contributed by atoms with van der Waals surface area (Å²) in [7, 11) is 1.49. The lowest BCUT2D eigenvalue weighted by Crippen LogP contribution is -2.64. The van der Waals surface area contributed by atoms with Crippen molar-refractivity contribution in [1.29, 1.82) is 5.26 Å². The third-order valence-corrected chi connectivity index (χ3v) is 13.0. The van der Waals surface area contributed by atoms with E-state index in [1.165, 1.54) is 7.11 Å². The molecule has 0 aliphatic heterocycles. The zero-order valence-corrected chi connectivity index (χ0v) is 25.8. The van der Waals surface area contributed by atoms with Crippen LogP contribution in [0.5, 0.6) is 0 Å². The largest absolute Gasteiger partial charge is 0.299 e. The lowest BCUT2D eigenvalue weighted by Gasteiger charge is -2.68. The molecular weight excluding hydrogens is 488 g/mol. The van der Waals surface area contributed by atoms with Gasteiger partial charge in [0.05, 0.1) is 18.1 Å². The first kappa shape index (κ1) is 30.0. The molecule has 0 saturated heterocycles. The first-order chi connectivity index (χ1) is 17.9. The Bertz CT molecular complexity index is 1120. The van der Waals surface area contributed by atoms with Crippen molar-refractivity contribution in [3.63, 3.8) is 0 Å². The maximum absolute atomic E-state index is 13.8. The minimum atomic E-state index is -0.643. The molecule has 4 aliphatic carbocycles. The summed E-state index contributed by atoms with van der Waals surface area (Å²) in [6, 6.07) is 2.19.